The molecule has 0 aromatic carbocycles. The molecule has 0 aliphatic carbocycles. The molecule has 0 saturated carbocycles. The zero-order valence-corrected chi connectivity index (χ0v) is 14.7. The Balaban J connectivity index is 2.79. The van der Waals surface area contributed by atoms with Crippen LogP contribution in [-0.4, -0.2) is 20.0 Å². The molecule has 0 aliphatic heterocycles. The lowest BCUT2D eigenvalue weighted by molar-refractivity contribution is 0.356. The van der Waals surface area contributed by atoms with E-state index in [1.165, 1.54) is 6.07 Å². The molecule has 1 rings (SSSR count). The van der Waals surface area contributed by atoms with Crippen molar-refractivity contribution in [2.75, 3.05) is 0 Å². The van der Waals surface area contributed by atoms with Crippen LogP contribution in [0.15, 0.2) is 21.6 Å². The second kappa shape index (κ2) is 6.94. The van der Waals surface area contributed by atoms with Gasteiger partial charge in [0.25, 0.3) is 10.0 Å². The monoisotopic (exact) mass is 316 g/mol. The van der Waals surface area contributed by atoms with Gasteiger partial charge in [0.05, 0.1) is 6.54 Å². The maximum absolute atomic E-state index is 12.3. The molecule has 0 amide bonds. The molecule has 6 heteroatoms. The lowest BCUT2D eigenvalue weighted by Crippen LogP contribution is -2.37. The molecule has 1 aromatic rings. The molecule has 2 N–H and O–H groups in total. The average molecular weight is 316 g/mol. The molecule has 0 fully saturated rings. The number of rotatable bonds is 7. The van der Waals surface area contributed by atoms with Crippen LogP contribution in [0.5, 0.6) is 0 Å². The van der Waals surface area contributed by atoms with E-state index in [0.29, 0.717) is 12.3 Å². The highest BCUT2D eigenvalue weighted by molar-refractivity contribution is 7.89. The van der Waals surface area contributed by atoms with Crippen molar-refractivity contribution < 1.29 is 12.8 Å². The van der Waals surface area contributed by atoms with E-state index in [4.69, 9.17) is 4.42 Å². The molecular formula is C15H28N2O3S. The fourth-order valence-electron chi connectivity index (χ4n) is 1.90. The second-order valence-corrected chi connectivity index (χ2v) is 8.35. The predicted octanol–water partition coefficient (Wildman–Crippen LogP) is 2.88. The summed E-state index contributed by atoms with van der Waals surface area (Å²) in [6.07, 6.45) is 0.746. The van der Waals surface area contributed by atoms with Gasteiger partial charge in [0.1, 0.15) is 5.76 Å². The minimum atomic E-state index is -3.59. The van der Waals surface area contributed by atoms with E-state index < -0.39 is 10.0 Å². The predicted molar refractivity (Wildman–Crippen MR) is 84.5 cm³/mol. The van der Waals surface area contributed by atoms with Crippen molar-refractivity contribution in [1.82, 2.24) is 10.0 Å². The zero-order valence-electron chi connectivity index (χ0n) is 13.9. The smallest absolute Gasteiger partial charge is 0.274 e. The van der Waals surface area contributed by atoms with Crippen LogP contribution in [-0.2, 0) is 16.6 Å². The number of nitrogens with one attached hydrogen (secondary N) is 2. The summed E-state index contributed by atoms with van der Waals surface area (Å²) >= 11 is 0. The van der Waals surface area contributed by atoms with Crippen LogP contribution in [0.3, 0.4) is 0 Å². The van der Waals surface area contributed by atoms with Gasteiger partial charge in [-0.05, 0) is 45.2 Å². The highest BCUT2D eigenvalue weighted by Crippen LogP contribution is 2.17. The van der Waals surface area contributed by atoms with Crippen molar-refractivity contribution in [1.29, 1.82) is 0 Å². The summed E-state index contributed by atoms with van der Waals surface area (Å²) < 4.78 is 32.7. The van der Waals surface area contributed by atoms with Gasteiger partial charge in [-0.2, -0.15) is 0 Å². The minimum absolute atomic E-state index is 0.0210. The summed E-state index contributed by atoms with van der Waals surface area (Å²) in [5.41, 5.74) is -0.0466. The molecule has 1 atom stereocenters. The first-order valence-corrected chi connectivity index (χ1v) is 8.89. The Kier molecular flexibility index (Phi) is 6.01. The van der Waals surface area contributed by atoms with E-state index in [9.17, 15) is 8.42 Å². The summed E-state index contributed by atoms with van der Waals surface area (Å²) in [5, 5.41) is 3.24. The van der Waals surface area contributed by atoms with Crippen molar-refractivity contribution in [2.45, 2.75) is 71.2 Å². The normalized spacial score (nSPS) is 14.6. The maximum Gasteiger partial charge on any atom is 0.274 e. The van der Waals surface area contributed by atoms with E-state index in [-0.39, 0.29) is 22.6 Å². The third-order valence-electron chi connectivity index (χ3n) is 3.25. The highest BCUT2D eigenvalue weighted by Gasteiger charge is 2.24. The van der Waals surface area contributed by atoms with Crippen LogP contribution in [0.4, 0.5) is 0 Å². The van der Waals surface area contributed by atoms with Crippen molar-refractivity contribution in [2.24, 2.45) is 5.92 Å². The molecule has 1 unspecified atom stereocenters. The van der Waals surface area contributed by atoms with Crippen molar-refractivity contribution >= 4 is 10.0 Å². The van der Waals surface area contributed by atoms with Gasteiger partial charge in [-0.3, -0.25) is 0 Å². The number of sulfonamides is 1. The Hall–Kier alpha value is -0.850. The van der Waals surface area contributed by atoms with Crippen LogP contribution in [0, 0.1) is 5.92 Å². The quantitative estimate of drug-likeness (QED) is 0.811. The molecule has 5 nitrogen and oxygen atoms in total. The van der Waals surface area contributed by atoms with Crippen molar-refractivity contribution in [3.05, 3.63) is 17.9 Å². The molecule has 0 radical (unpaired) electrons. The Morgan fingerprint density at radius 1 is 1.24 bits per heavy atom. The Morgan fingerprint density at radius 2 is 1.86 bits per heavy atom. The summed E-state index contributed by atoms with van der Waals surface area (Å²) in [5.74, 6) is 0.852. The van der Waals surface area contributed by atoms with E-state index in [0.717, 1.165) is 6.42 Å². The van der Waals surface area contributed by atoms with Crippen molar-refractivity contribution in [3.63, 3.8) is 0 Å². The summed E-state index contributed by atoms with van der Waals surface area (Å²) in [4.78, 5) is 0. The van der Waals surface area contributed by atoms with Gasteiger partial charge < -0.3 is 9.73 Å². The Morgan fingerprint density at radius 3 is 2.33 bits per heavy atom. The lowest BCUT2D eigenvalue weighted by Gasteiger charge is -2.20. The van der Waals surface area contributed by atoms with Gasteiger partial charge in [-0.15, -0.1) is 0 Å². The number of hydrogen-bond donors (Lipinski definition) is 2. The zero-order chi connectivity index (χ0) is 16.3. The number of furan rings is 1. The topological polar surface area (TPSA) is 71.3 Å². The van der Waals surface area contributed by atoms with Crippen LogP contribution >= 0.6 is 0 Å². The summed E-state index contributed by atoms with van der Waals surface area (Å²) in [6, 6.07) is 3.12. The van der Waals surface area contributed by atoms with E-state index in [1.54, 1.807) is 6.07 Å². The first-order valence-electron chi connectivity index (χ1n) is 7.41. The third-order valence-corrected chi connectivity index (χ3v) is 4.61. The van der Waals surface area contributed by atoms with E-state index in [2.05, 4.69) is 10.0 Å². The molecule has 0 saturated heterocycles. The van der Waals surface area contributed by atoms with Gasteiger partial charge in [-0.25, -0.2) is 13.1 Å². The Bertz CT molecular complexity index is 542. The van der Waals surface area contributed by atoms with Crippen LogP contribution in [0.25, 0.3) is 0 Å². The fraction of sp³-hybridized carbons (Fsp3) is 0.733. The van der Waals surface area contributed by atoms with Gasteiger partial charge in [0, 0.05) is 11.6 Å². The molecule has 0 bridgehead atoms. The first-order chi connectivity index (χ1) is 9.55. The summed E-state index contributed by atoms with van der Waals surface area (Å²) in [7, 11) is -3.59. The van der Waals surface area contributed by atoms with Crippen molar-refractivity contribution in [3.8, 4) is 0 Å². The Labute approximate surface area is 128 Å². The second-order valence-electron chi connectivity index (χ2n) is 6.70. The highest BCUT2D eigenvalue weighted by atomic mass is 32.2. The fourth-order valence-corrected chi connectivity index (χ4v) is 3.32. The van der Waals surface area contributed by atoms with Gasteiger partial charge in [0.15, 0.2) is 0 Å². The maximum atomic E-state index is 12.3. The van der Waals surface area contributed by atoms with E-state index >= 15 is 0 Å². The van der Waals surface area contributed by atoms with Gasteiger partial charge >= 0.3 is 0 Å². The molecule has 1 aromatic heterocycles. The molecule has 0 aliphatic rings. The number of hydrogen-bond acceptors (Lipinski definition) is 4. The molecule has 1 heterocycles. The molecular weight excluding hydrogens is 288 g/mol. The van der Waals surface area contributed by atoms with Gasteiger partial charge in [0.2, 0.25) is 5.09 Å². The SMILES string of the molecule is CCC(NS(=O)(=O)c1ccc(CNC(C)(C)C)o1)C(C)C. The van der Waals surface area contributed by atoms with E-state index in [1.807, 2.05) is 41.5 Å². The van der Waals surface area contributed by atoms with Crippen LogP contribution < -0.4 is 10.0 Å². The standard InChI is InChI=1S/C15H28N2O3S/c1-7-13(11(2)3)17-21(18,19)14-9-8-12(20-14)10-16-15(4,5)6/h8-9,11,13,16-17H,7,10H2,1-6H3. The third kappa shape index (κ3) is 5.80. The van der Waals surface area contributed by atoms with Crippen LogP contribution in [0.2, 0.25) is 0 Å². The van der Waals surface area contributed by atoms with Gasteiger partial charge in [-0.1, -0.05) is 20.8 Å². The lowest BCUT2D eigenvalue weighted by atomic mass is 10.0. The minimum Gasteiger partial charge on any atom is -0.447 e. The molecule has 0 spiro atoms. The molecule has 21 heavy (non-hydrogen) atoms. The largest absolute Gasteiger partial charge is 0.447 e. The van der Waals surface area contributed by atoms with Crippen LogP contribution in [0.1, 0.15) is 53.7 Å². The molecule has 122 valence electrons. The first kappa shape index (κ1) is 18.2. The average Bonchev–Trinajstić information content (AvgIpc) is 2.82. The summed E-state index contributed by atoms with van der Waals surface area (Å²) in [6.45, 7) is 12.6.